The average molecular weight is 290 g/mol. The molecule has 1 amide bonds. The lowest BCUT2D eigenvalue weighted by Crippen LogP contribution is -2.48. The van der Waals surface area contributed by atoms with Crippen molar-refractivity contribution in [3.8, 4) is 0 Å². The summed E-state index contributed by atoms with van der Waals surface area (Å²) in [5.41, 5.74) is 2.24. The number of benzene rings is 1. The SMILES string of the molecule is CCC1CCNC(C(=O)NCc2cccc(COC)c2)C1. The summed E-state index contributed by atoms with van der Waals surface area (Å²) in [6, 6.07) is 8.10. The Hall–Kier alpha value is -1.39. The Morgan fingerprint density at radius 1 is 1.43 bits per heavy atom. The van der Waals surface area contributed by atoms with Gasteiger partial charge in [-0.1, -0.05) is 37.6 Å². The minimum atomic E-state index is -0.0362. The zero-order chi connectivity index (χ0) is 15.1. The molecule has 0 aliphatic carbocycles. The maximum atomic E-state index is 12.2. The lowest BCUT2D eigenvalue weighted by molar-refractivity contribution is -0.124. The summed E-state index contributed by atoms with van der Waals surface area (Å²) in [5.74, 6) is 0.789. The second kappa shape index (κ2) is 8.15. The first-order valence-corrected chi connectivity index (χ1v) is 7.80. The van der Waals surface area contributed by atoms with Gasteiger partial charge in [0.25, 0.3) is 0 Å². The maximum absolute atomic E-state index is 12.2. The number of rotatable bonds is 6. The molecule has 1 heterocycles. The topological polar surface area (TPSA) is 50.4 Å². The minimum absolute atomic E-state index is 0.0362. The number of ether oxygens (including phenoxy) is 1. The summed E-state index contributed by atoms with van der Waals surface area (Å²) in [7, 11) is 1.69. The molecule has 2 atom stereocenters. The Morgan fingerprint density at radius 2 is 2.24 bits per heavy atom. The molecule has 21 heavy (non-hydrogen) atoms. The lowest BCUT2D eigenvalue weighted by Gasteiger charge is -2.28. The van der Waals surface area contributed by atoms with Gasteiger partial charge >= 0.3 is 0 Å². The van der Waals surface area contributed by atoms with Crippen molar-refractivity contribution in [1.82, 2.24) is 10.6 Å². The van der Waals surface area contributed by atoms with Crippen LogP contribution in [-0.4, -0.2) is 25.6 Å². The van der Waals surface area contributed by atoms with E-state index in [1.807, 2.05) is 18.2 Å². The minimum Gasteiger partial charge on any atom is -0.380 e. The molecule has 2 rings (SSSR count). The van der Waals surface area contributed by atoms with E-state index in [-0.39, 0.29) is 11.9 Å². The van der Waals surface area contributed by atoms with Crippen LogP contribution in [0.25, 0.3) is 0 Å². The molecule has 0 spiro atoms. The summed E-state index contributed by atoms with van der Waals surface area (Å²) < 4.78 is 5.13. The third kappa shape index (κ3) is 4.83. The van der Waals surface area contributed by atoms with E-state index in [0.29, 0.717) is 19.1 Å². The molecule has 4 heteroatoms. The predicted octanol–water partition coefficient (Wildman–Crippen LogP) is 2.23. The van der Waals surface area contributed by atoms with Gasteiger partial charge in [0.15, 0.2) is 0 Å². The number of hydrogen-bond acceptors (Lipinski definition) is 3. The summed E-state index contributed by atoms with van der Waals surface area (Å²) >= 11 is 0. The van der Waals surface area contributed by atoms with Gasteiger partial charge in [0, 0.05) is 13.7 Å². The highest BCUT2D eigenvalue weighted by molar-refractivity contribution is 5.81. The highest BCUT2D eigenvalue weighted by atomic mass is 16.5. The van der Waals surface area contributed by atoms with Crippen LogP contribution in [0.15, 0.2) is 24.3 Å². The molecule has 1 aromatic rings. The van der Waals surface area contributed by atoms with Gasteiger partial charge in [0.2, 0.25) is 5.91 Å². The number of piperidine rings is 1. The van der Waals surface area contributed by atoms with E-state index in [9.17, 15) is 4.79 Å². The van der Waals surface area contributed by atoms with Crippen LogP contribution in [0.4, 0.5) is 0 Å². The molecule has 2 unspecified atom stereocenters. The number of carbonyl (C=O) groups excluding carboxylic acids is 1. The maximum Gasteiger partial charge on any atom is 0.237 e. The fourth-order valence-electron chi connectivity index (χ4n) is 2.88. The van der Waals surface area contributed by atoms with Crippen molar-refractivity contribution in [2.45, 2.75) is 45.4 Å². The van der Waals surface area contributed by atoms with E-state index in [4.69, 9.17) is 4.74 Å². The van der Waals surface area contributed by atoms with Crippen LogP contribution in [0.2, 0.25) is 0 Å². The van der Waals surface area contributed by atoms with Crippen molar-refractivity contribution in [2.24, 2.45) is 5.92 Å². The van der Waals surface area contributed by atoms with E-state index < -0.39 is 0 Å². The zero-order valence-electron chi connectivity index (χ0n) is 13.0. The Bertz CT molecular complexity index is 462. The molecule has 1 aliphatic rings. The average Bonchev–Trinajstić information content (AvgIpc) is 2.53. The van der Waals surface area contributed by atoms with Crippen LogP contribution in [0.3, 0.4) is 0 Å². The highest BCUT2D eigenvalue weighted by Gasteiger charge is 2.25. The molecule has 1 fully saturated rings. The van der Waals surface area contributed by atoms with Crippen molar-refractivity contribution in [3.63, 3.8) is 0 Å². The van der Waals surface area contributed by atoms with Crippen LogP contribution in [-0.2, 0) is 22.7 Å². The quantitative estimate of drug-likeness (QED) is 0.844. The van der Waals surface area contributed by atoms with Crippen LogP contribution >= 0.6 is 0 Å². The van der Waals surface area contributed by atoms with Gasteiger partial charge in [0.05, 0.1) is 12.6 Å². The molecule has 0 aromatic heterocycles. The fraction of sp³-hybridized carbons (Fsp3) is 0.588. The first kappa shape index (κ1) is 16.0. The second-order valence-corrected chi connectivity index (χ2v) is 5.78. The molecule has 0 bridgehead atoms. The molecule has 0 radical (unpaired) electrons. The van der Waals surface area contributed by atoms with Crippen LogP contribution in [0, 0.1) is 5.92 Å². The van der Waals surface area contributed by atoms with Gasteiger partial charge in [0.1, 0.15) is 0 Å². The Kier molecular flexibility index (Phi) is 6.21. The van der Waals surface area contributed by atoms with Gasteiger partial charge in [-0.15, -0.1) is 0 Å². The number of hydrogen-bond donors (Lipinski definition) is 2. The summed E-state index contributed by atoms with van der Waals surface area (Å²) in [4.78, 5) is 12.2. The number of nitrogens with one attached hydrogen (secondary N) is 2. The first-order valence-electron chi connectivity index (χ1n) is 7.80. The van der Waals surface area contributed by atoms with Crippen LogP contribution < -0.4 is 10.6 Å². The Labute approximate surface area is 127 Å². The van der Waals surface area contributed by atoms with Crippen LogP contribution in [0.5, 0.6) is 0 Å². The van der Waals surface area contributed by atoms with E-state index in [0.717, 1.165) is 30.5 Å². The summed E-state index contributed by atoms with van der Waals surface area (Å²) in [6.45, 7) is 4.32. The van der Waals surface area contributed by atoms with Crippen LogP contribution in [0.1, 0.15) is 37.3 Å². The van der Waals surface area contributed by atoms with Crippen molar-refractivity contribution in [2.75, 3.05) is 13.7 Å². The zero-order valence-corrected chi connectivity index (χ0v) is 13.0. The molecular formula is C17H26N2O2. The molecule has 2 N–H and O–H groups in total. The highest BCUT2D eigenvalue weighted by Crippen LogP contribution is 2.19. The van der Waals surface area contributed by atoms with E-state index >= 15 is 0 Å². The molecule has 1 aliphatic heterocycles. The summed E-state index contributed by atoms with van der Waals surface area (Å²) in [5, 5.41) is 6.36. The van der Waals surface area contributed by atoms with Crippen molar-refractivity contribution < 1.29 is 9.53 Å². The smallest absolute Gasteiger partial charge is 0.237 e. The molecule has 116 valence electrons. The van der Waals surface area contributed by atoms with Gasteiger partial charge in [-0.05, 0) is 36.4 Å². The number of methoxy groups -OCH3 is 1. The Morgan fingerprint density at radius 3 is 3.00 bits per heavy atom. The molecule has 1 saturated heterocycles. The molecule has 4 nitrogen and oxygen atoms in total. The van der Waals surface area contributed by atoms with E-state index in [2.05, 4.69) is 23.6 Å². The molecular weight excluding hydrogens is 264 g/mol. The third-order valence-electron chi connectivity index (χ3n) is 4.18. The van der Waals surface area contributed by atoms with E-state index in [1.54, 1.807) is 7.11 Å². The number of carbonyl (C=O) groups is 1. The fourth-order valence-corrected chi connectivity index (χ4v) is 2.88. The largest absolute Gasteiger partial charge is 0.380 e. The molecule has 0 saturated carbocycles. The van der Waals surface area contributed by atoms with Gasteiger partial charge in [-0.25, -0.2) is 0 Å². The third-order valence-corrected chi connectivity index (χ3v) is 4.18. The van der Waals surface area contributed by atoms with Gasteiger partial charge in [-0.2, -0.15) is 0 Å². The number of amides is 1. The Balaban J connectivity index is 1.84. The van der Waals surface area contributed by atoms with Crippen molar-refractivity contribution >= 4 is 5.91 Å². The second-order valence-electron chi connectivity index (χ2n) is 5.78. The molecule has 1 aromatic carbocycles. The van der Waals surface area contributed by atoms with Gasteiger partial charge in [-0.3, -0.25) is 4.79 Å². The standard InChI is InChI=1S/C17H26N2O2/c1-3-13-7-8-18-16(10-13)17(20)19-11-14-5-4-6-15(9-14)12-21-2/h4-6,9,13,16,18H,3,7-8,10-12H2,1-2H3,(H,19,20). The summed E-state index contributed by atoms with van der Waals surface area (Å²) in [6.07, 6.45) is 3.29. The predicted molar refractivity (Wildman–Crippen MR) is 83.8 cm³/mol. The van der Waals surface area contributed by atoms with E-state index in [1.165, 1.54) is 6.42 Å². The first-order chi connectivity index (χ1) is 10.2. The lowest BCUT2D eigenvalue weighted by atomic mass is 9.90. The van der Waals surface area contributed by atoms with Crippen molar-refractivity contribution in [1.29, 1.82) is 0 Å². The normalized spacial score (nSPS) is 22.0. The monoisotopic (exact) mass is 290 g/mol. The van der Waals surface area contributed by atoms with Crippen molar-refractivity contribution in [3.05, 3.63) is 35.4 Å². The van der Waals surface area contributed by atoms with Gasteiger partial charge < -0.3 is 15.4 Å².